The third-order valence-corrected chi connectivity index (χ3v) is 7.56. The molecule has 6 rings (SSSR count). The molecule has 0 radical (unpaired) electrons. The molecule has 170 valence electrons. The number of aryl methyl sites for hydroxylation is 1. The maximum Gasteiger partial charge on any atom is 0.196 e. The van der Waals surface area contributed by atoms with Gasteiger partial charge in [0.15, 0.2) is 10.8 Å². The molecule has 2 N–H and O–H groups in total. The first-order valence-electron chi connectivity index (χ1n) is 11.2. The van der Waals surface area contributed by atoms with E-state index < -0.39 is 0 Å². The summed E-state index contributed by atoms with van der Waals surface area (Å²) in [7, 11) is 0. The fraction of sp³-hybridized carbons (Fsp3) is 0.409. The van der Waals surface area contributed by atoms with Crippen molar-refractivity contribution < 1.29 is 0 Å². The van der Waals surface area contributed by atoms with Gasteiger partial charge in [-0.05, 0) is 24.2 Å². The Balaban J connectivity index is 1.33. The zero-order chi connectivity index (χ0) is 22.4. The number of fused-ring (bicyclic) bond motifs is 2. The first-order chi connectivity index (χ1) is 16.2. The van der Waals surface area contributed by atoms with Crippen LogP contribution in [0.25, 0.3) is 22.2 Å². The molecule has 0 aromatic carbocycles. The van der Waals surface area contributed by atoms with Crippen LogP contribution in [0.2, 0.25) is 5.02 Å². The van der Waals surface area contributed by atoms with E-state index in [0.717, 1.165) is 83.7 Å². The van der Waals surface area contributed by atoms with Crippen LogP contribution >= 0.6 is 23.4 Å². The van der Waals surface area contributed by atoms with Crippen molar-refractivity contribution in [2.45, 2.75) is 29.4 Å². The Morgan fingerprint density at radius 2 is 1.94 bits per heavy atom. The second-order valence-electron chi connectivity index (χ2n) is 8.34. The van der Waals surface area contributed by atoms with Gasteiger partial charge < -0.3 is 15.2 Å². The van der Waals surface area contributed by atoms with Crippen LogP contribution in [0.1, 0.15) is 12.6 Å². The SMILES string of the molecule is CCc1[nH]c2nc(Sc3cnc4nccnc4c3)nc(N3CC(N4CCNCC4)C3)c2c1Cl. The van der Waals surface area contributed by atoms with Crippen LogP contribution in [0.5, 0.6) is 0 Å². The highest BCUT2D eigenvalue weighted by atomic mass is 35.5. The normalized spacial score (nSPS) is 17.7. The highest BCUT2D eigenvalue weighted by Gasteiger charge is 2.35. The molecule has 11 heteroatoms. The van der Waals surface area contributed by atoms with Crippen LogP contribution in [-0.2, 0) is 6.42 Å². The summed E-state index contributed by atoms with van der Waals surface area (Å²) in [6.07, 6.45) is 5.92. The van der Waals surface area contributed by atoms with Crippen LogP contribution < -0.4 is 10.2 Å². The van der Waals surface area contributed by atoms with Crippen molar-refractivity contribution in [3.63, 3.8) is 0 Å². The van der Waals surface area contributed by atoms with Gasteiger partial charge in [-0.25, -0.2) is 19.9 Å². The molecule has 2 aliphatic rings. The Bertz CT molecular complexity index is 1310. The fourth-order valence-corrected chi connectivity index (χ4v) is 5.61. The van der Waals surface area contributed by atoms with Crippen molar-refractivity contribution in [2.75, 3.05) is 44.2 Å². The average molecular weight is 482 g/mol. The van der Waals surface area contributed by atoms with E-state index in [9.17, 15) is 0 Å². The molecule has 0 amide bonds. The number of aromatic amines is 1. The van der Waals surface area contributed by atoms with E-state index in [1.807, 2.05) is 6.07 Å². The predicted octanol–water partition coefficient (Wildman–Crippen LogP) is 2.76. The lowest BCUT2D eigenvalue weighted by atomic mass is 10.1. The molecule has 4 aromatic rings. The monoisotopic (exact) mass is 481 g/mol. The van der Waals surface area contributed by atoms with Crippen LogP contribution in [0.15, 0.2) is 34.7 Å². The minimum atomic E-state index is 0.555. The molecule has 0 aliphatic carbocycles. The minimum absolute atomic E-state index is 0.555. The molecule has 0 bridgehead atoms. The predicted molar refractivity (Wildman–Crippen MR) is 130 cm³/mol. The standard InChI is InChI=1S/C22H24ClN9S/c1-2-15-18(23)17-20(28-15)29-22(33-14-9-16-19(27-10-14)26-4-3-25-16)30-21(17)32-11-13(12-32)31-7-5-24-6-8-31/h3-4,9-10,13,24H,2,5-8,11-12H2,1H3,(H,28,29,30). The number of H-pyrrole nitrogens is 1. The zero-order valence-corrected chi connectivity index (χ0v) is 19.8. The van der Waals surface area contributed by atoms with Gasteiger partial charge in [-0.15, -0.1) is 0 Å². The van der Waals surface area contributed by atoms with Gasteiger partial charge in [0.25, 0.3) is 0 Å². The fourth-order valence-electron chi connectivity index (χ4n) is 4.50. The number of aromatic nitrogens is 6. The summed E-state index contributed by atoms with van der Waals surface area (Å²) >= 11 is 8.24. The minimum Gasteiger partial charge on any atom is -0.353 e. The van der Waals surface area contributed by atoms with Gasteiger partial charge in [0.1, 0.15) is 17.0 Å². The quantitative estimate of drug-likeness (QED) is 0.417. The zero-order valence-electron chi connectivity index (χ0n) is 18.3. The maximum atomic E-state index is 6.76. The Labute approximate surface area is 200 Å². The van der Waals surface area contributed by atoms with Gasteiger partial charge in [-0.2, -0.15) is 0 Å². The van der Waals surface area contributed by atoms with Crippen LogP contribution in [0, 0.1) is 0 Å². The van der Waals surface area contributed by atoms with Crippen molar-refractivity contribution in [3.8, 4) is 0 Å². The van der Waals surface area contributed by atoms with E-state index in [0.29, 0.717) is 16.8 Å². The highest BCUT2D eigenvalue weighted by Crippen LogP contribution is 2.38. The van der Waals surface area contributed by atoms with Gasteiger partial charge in [0.2, 0.25) is 0 Å². The average Bonchev–Trinajstić information content (AvgIpc) is 3.14. The van der Waals surface area contributed by atoms with Crippen LogP contribution in [0.4, 0.5) is 5.82 Å². The number of nitrogens with one attached hydrogen (secondary N) is 2. The molecule has 0 atom stereocenters. The summed E-state index contributed by atoms with van der Waals surface area (Å²) < 4.78 is 0. The van der Waals surface area contributed by atoms with E-state index in [1.54, 1.807) is 18.6 Å². The van der Waals surface area contributed by atoms with Gasteiger partial charge in [-0.1, -0.05) is 18.5 Å². The molecule has 4 aromatic heterocycles. The Morgan fingerprint density at radius 3 is 2.76 bits per heavy atom. The number of rotatable bonds is 5. The first-order valence-corrected chi connectivity index (χ1v) is 12.4. The number of hydrogen-bond acceptors (Lipinski definition) is 9. The smallest absolute Gasteiger partial charge is 0.196 e. The van der Waals surface area contributed by atoms with Gasteiger partial charge >= 0.3 is 0 Å². The molecule has 9 nitrogen and oxygen atoms in total. The molecule has 0 saturated carbocycles. The van der Waals surface area contributed by atoms with E-state index in [1.165, 1.54) is 11.8 Å². The highest BCUT2D eigenvalue weighted by molar-refractivity contribution is 7.99. The van der Waals surface area contributed by atoms with Gasteiger partial charge in [0, 0.05) is 74.5 Å². The Kier molecular flexibility index (Phi) is 5.53. The maximum absolute atomic E-state index is 6.76. The second kappa shape index (κ2) is 8.68. The van der Waals surface area contributed by atoms with Gasteiger partial charge in [0.05, 0.1) is 10.4 Å². The van der Waals surface area contributed by atoms with Crippen molar-refractivity contribution in [1.82, 2.24) is 40.1 Å². The van der Waals surface area contributed by atoms with E-state index in [2.05, 4.69) is 42.0 Å². The number of anilines is 1. The molecule has 0 spiro atoms. The molecule has 2 fully saturated rings. The molecule has 33 heavy (non-hydrogen) atoms. The summed E-state index contributed by atoms with van der Waals surface area (Å²) in [5.74, 6) is 0.906. The van der Waals surface area contributed by atoms with Crippen molar-refractivity contribution in [2.24, 2.45) is 0 Å². The Morgan fingerprint density at radius 1 is 1.12 bits per heavy atom. The molecular formula is C22H24ClN9S. The van der Waals surface area contributed by atoms with E-state index in [-0.39, 0.29) is 0 Å². The lowest BCUT2D eigenvalue weighted by molar-refractivity contribution is 0.147. The first kappa shape index (κ1) is 21.0. The van der Waals surface area contributed by atoms with Crippen LogP contribution in [0.3, 0.4) is 0 Å². The summed E-state index contributed by atoms with van der Waals surface area (Å²) in [4.78, 5) is 32.0. The summed E-state index contributed by atoms with van der Waals surface area (Å²) in [6, 6.07) is 2.52. The van der Waals surface area contributed by atoms with E-state index >= 15 is 0 Å². The summed E-state index contributed by atoms with van der Waals surface area (Å²) in [6.45, 7) is 8.30. The van der Waals surface area contributed by atoms with Crippen molar-refractivity contribution in [1.29, 1.82) is 0 Å². The number of hydrogen-bond donors (Lipinski definition) is 2. The summed E-state index contributed by atoms with van der Waals surface area (Å²) in [5.41, 5.74) is 3.15. The summed E-state index contributed by atoms with van der Waals surface area (Å²) in [5, 5.41) is 5.74. The molecule has 6 heterocycles. The topological polar surface area (TPSA) is 98.7 Å². The largest absolute Gasteiger partial charge is 0.353 e. The van der Waals surface area contributed by atoms with Crippen LogP contribution in [-0.4, -0.2) is 80.1 Å². The Hall–Kier alpha value is -2.53. The lowest BCUT2D eigenvalue weighted by Gasteiger charge is -2.47. The van der Waals surface area contributed by atoms with Crippen molar-refractivity contribution >= 4 is 51.4 Å². The number of piperazine rings is 1. The molecule has 2 aliphatic heterocycles. The number of nitrogens with zero attached hydrogens (tertiary/aromatic N) is 7. The number of halogens is 1. The molecular weight excluding hydrogens is 458 g/mol. The lowest BCUT2D eigenvalue weighted by Crippen LogP contribution is -2.63. The van der Waals surface area contributed by atoms with Gasteiger partial charge in [-0.3, -0.25) is 9.88 Å². The molecule has 2 saturated heterocycles. The second-order valence-corrected chi connectivity index (χ2v) is 9.76. The molecule has 0 unspecified atom stereocenters. The number of pyridine rings is 1. The van der Waals surface area contributed by atoms with Crippen molar-refractivity contribution in [3.05, 3.63) is 35.4 Å². The third-order valence-electron chi connectivity index (χ3n) is 6.31. The third kappa shape index (κ3) is 3.90. The van der Waals surface area contributed by atoms with E-state index in [4.69, 9.17) is 21.6 Å².